The first kappa shape index (κ1) is 20.9. The number of anilines is 1. The van der Waals surface area contributed by atoms with Gasteiger partial charge in [-0.1, -0.05) is 36.4 Å². The van der Waals surface area contributed by atoms with Crippen molar-refractivity contribution in [2.45, 2.75) is 6.61 Å². The van der Waals surface area contributed by atoms with Crippen molar-refractivity contribution in [1.29, 1.82) is 0 Å². The lowest BCUT2D eigenvalue weighted by molar-refractivity contribution is -0.384. The highest BCUT2D eigenvalue weighted by atomic mass is 16.6. The van der Waals surface area contributed by atoms with E-state index in [1.54, 1.807) is 25.5 Å². The van der Waals surface area contributed by atoms with Gasteiger partial charge in [-0.2, -0.15) is 5.10 Å². The molecule has 0 fully saturated rings. The smallest absolute Gasteiger partial charge is 0.269 e. The summed E-state index contributed by atoms with van der Waals surface area (Å²) < 4.78 is 11.5. The zero-order chi connectivity index (χ0) is 22.3. The number of hydrogen-bond donors (Lipinski definition) is 1. The third kappa shape index (κ3) is 5.02. The molecular weight excluding hydrogens is 406 g/mol. The molecule has 0 aliphatic carbocycles. The number of hydrogen-bond acceptors (Lipinski definition) is 6. The first-order chi connectivity index (χ1) is 15.6. The largest absolute Gasteiger partial charge is 0.493 e. The minimum atomic E-state index is -0.442. The molecule has 0 aliphatic rings. The van der Waals surface area contributed by atoms with Gasteiger partial charge in [0.25, 0.3) is 5.69 Å². The van der Waals surface area contributed by atoms with E-state index >= 15 is 0 Å². The number of nitrogens with zero attached hydrogens (tertiary/aromatic N) is 2. The van der Waals surface area contributed by atoms with Crippen molar-refractivity contribution in [1.82, 2.24) is 0 Å². The van der Waals surface area contributed by atoms with Gasteiger partial charge < -0.3 is 9.47 Å². The van der Waals surface area contributed by atoms with Crippen molar-refractivity contribution in [3.05, 3.63) is 106 Å². The van der Waals surface area contributed by atoms with E-state index in [0.717, 1.165) is 11.1 Å². The van der Waals surface area contributed by atoms with E-state index in [9.17, 15) is 10.1 Å². The van der Waals surface area contributed by atoms with Crippen molar-refractivity contribution < 1.29 is 14.4 Å². The van der Waals surface area contributed by atoms with Crippen LogP contribution >= 0.6 is 0 Å². The van der Waals surface area contributed by atoms with Crippen molar-refractivity contribution in [2.24, 2.45) is 5.10 Å². The predicted octanol–water partition coefficient (Wildman–Crippen LogP) is 5.78. The maximum absolute atomic E-state index is 10.7. The standard InChI is InChI=1S/C25H21N3O4/c1-31-25-15-18(16-26-27-22-9-11-23(12-10-22)28(29)30)7-13-24(25)32-17-19-6-8-20-4-2-3-5-21(20)14-19/h2-16,27H,17H2,1H3/b26-16+. The molecule has 1 N–H and O–H groups in total. The van der Waals surface area contributed by atoms with Crippen LogP contribution in [-0.2, 0) is 6.61 Å². The second-order valence-electron chi connectivity index (χ2n) is 7.05. The van der Waals surface area contributed by atoms with Gasteiger partial charge in [0.2, 0.25) is 0 Å². The molecule has 0 bridgehead atoms. The van der Waals surface area contributed by atoms with E-state index in [1.807, 2.05) is 30.3 Å². The van der Waals surface area contributed by atoms with Crippen LogP contribution in [0.5, 0.6) is 11.5 Å². The summed E-state index contributed by atoms with van der Waals surface area (Å²) in [7, 11) is 1.59. The molecule has 0 heterocycles. The van der Waals surface area contributed by atoms with Crippen molar-refractivity contribution in [3.8, 4) is 11.5 Å². The van der Waals surface area contributed by atoms with Crippen molar-refractivity contribution >= 4 is 28.4 Å². The Balaban J connectivity index is 1.40. The molecule has 0 radical (unpaired) electrons. The number of nitro benzene ring substituents is 1. The second-order valence-corrected chi connectivity index (χ2v) is 7.05. The number of nitro groups is 1. The zero-order valence-corrected chi connectivity index (χ0v) is 17.4. The van der Waals surface area contributed by atoms with Crippen LogP contribution in [0.4, 0.5) is 11.4 Å². The van der Waals surface area contributed by atoms with Crippen LogP contribution in [0.15, 0.2) is 90.0 Å². The summed E-state index contributed by atoms with van der Waals surface area (Å²) in [6.07, 6.45) is 1.64. The fourth-order valence-electron chi connectivity index (χ4n) is 3.21. The molecule has 0 amide bonds. The number of benzene rings is 4. The summed E-state index contributed by atoms with van der Waals surface area (Å²) in [5.41, 5.74) is 5.41. The quantitative estimate of drug-likeness (QED) is 0.219. The molecule has 0 spiro atoms. The average molecular weight is 427 g/mol. The molecule has 0 aromatic heterocycles. The van der Waals surface area contributed by atoms with E-state index in [-0.39, 0.29) is 5.69 Å². The Hall–Kier alpha value is -4.39. The van der Waals surface area contributed by atoms with E-state index in [1.165, 1.54) is 22.9 Å². The maximum atomic E-state index is 10.7. The van der Waals surface area contributed by atoms with E-state index in [0.29, 0.717) is 23.8 Å². The lowest BCUT2D eigenvalue weighted by Gasteiger charge is -2.12. The van der Waals surface area contributed by atoms with Gasteiger partial charge in [0, 0.05) is 12.1 Å². The molecule has 4 aromatic rings. The van der Waals surface area contributed by atoms with Gasteiger partial charge in [0.05, 0.1) is 23.9 Å². The number of fused-ring (bicyclic) bond motifs is 1. The number of nitrogens with one attached hydrogen (secondary N) is 1. The Kier molecular flexibility index (Phi) is 6.27. The molecular formula is C25H21N3O4. The maximum Gasteiger partial charge on any atom is 0.269 e. The lowest BCUT2D eigenvalue weighted by Crippen LogP contribution is -1.99. The minimum absolute atomic E-state index is 0.0311. The molecule has 0 unspecified atom stereocenters. The predicted molar refractivity (Wildman–Crippen MR) is 126 cm³/mol. The van der Waals surface area contributed by atoms with E-state index in [2.05, 4.69) is 40.9 Å². The Morgan fingerprint density at radius 3 is 2.47 bits per heavy atom. The van der Waals surface area contributed by atoms with Gasteiger partial charge in [-0.15, -0.1) is 0 Å². The Bertz CT molecular complexity index is 1270. The average Bonchev–Trinajstić information content (AvgIpc) is 2.83. The van der Waals surface area contributed by atoms with Crippen LogP contribution in [0.2, 0.25) is 0 Å². The second kappa shape index (κ2) is 9.61. The van der Waals surface area contributed by atoms with Crippen LogP contribution in [0.3, 0.4) is 0 Å². The van der Waals surface area contributed by atoms with E-state index < -0.39 is 4.92 Å². The summed E-state index contributed by atoms with van der Waals surface area (Å²) in [6, 6.07) is 26.0. The highest BCUT2D eigenvalue weighted by Crippen LogP contribution is 2.29. The zero-order valence-electron chi connectivity index (χ0n) is 17.4. The molecule has 0 aliphatic heterocycles. The lowest BCUT2D eigenvalue weighted by atomic mass is 10.1. The molecule has 7 heteroatoms. The van der Waals surface area contributed by atoms with Gasteiger partial charge in [-0.25, -0.2) is 0 Å². The highest BCUT2D eigenvalue weighted by Gasteiger charge is 2.07. The van der Waals surface area contributed by atoms with Crippen molar-refractivity contribution in [3.63, 3.8) is 0 Å². The van der Waals surface area contributed by atoms with Crippen LogP contribution in [0.25, 0.3) is 10.8 Å². The first-order valence-electron chi connectivity index (χ1n) is 9.94. The summed E-state index contributed by atoms with van der Waals surface area (Å²) in [5.74, 6) is 1.24. The first-order valence-corrected chi connectivity index (χ1v) is 9.94. The summed E-state index contributed by atoms with van der Waals surface area (Å²) in [4.78, 5) is 10.3. The fraction of sp³-hybridized carbons (Fsp3) is 0.0800. The van der Waals surface area contributed by atoms with E-state index in [4.69, 9.17) is 9.47 Å². The Morgan fingerprint density at radius 2 is 1.72 bits per heavy atom. The van der Waals surface area contributed by atoms with Gasteiger partial charge in [0.1, 0.15) is 6.61 Å². The Labute approximate surface area is 185 Å². The number of methoxy groups -OCH3 is 1. The number of ether oxygens (including phenoxy) is 2. The molecule has 0 saturated heterocycles. The number of rotatable bonds is 8. The van der Waals surface area contributed by atoms with Crippen LogP contribution in [0, 0.1) is 10.1 Å². The Morgan fingerprint density at radius 1 is 0.938 bits per heavy atom. The highest BCUT2D eigenvalue weighted by molar-refractivity contribution is 5.83. The molecule has 160 valence electrons. The topological polar surface area (TPSA) is 86.0 Å². The normalized spacial score (nSPS) is 10.9. The molecule has 32 heavy (non-hydrogen) atoms. The van der Waals surface area contributed by atoms with Crippen LogP contribution < -0.4 is 14.9 Å². The monoisotopic (exact) mass is 427 g/mol. The molecule has 0 atom stereocenters. The minimum Gasteiger partial charge on any atom is -0.493 e. The number of hydrazone groups is 1. The van der Waals surface area contributed by atoms with Crippen LogP contribution in [-0.4, -0.2) is 18.2 Å². The fourth-order valence-corrected chi connectivity index (χ4v) is 3.21. The summed E-state index contributed by atoms with van der Waals surface area (Å²) >= 11 is 0. The van der Waals surface area contributed by atoms with Crippen molar-refractivity contribution in [2.75, 3.05) is 12.5 Å². The number of non-ortho nitro benzene ring substituents is 1. The SMILES string of the molecule is COc1cc(/C=N/Nc2ccc([N+](=O)[O-])cc2)ccc1OCc1ccc2ccccc2c1. The molecule has 4 aromatic carbocycles. The molecule has 0 saturated carbocycles. The van der Waals surface area contributed by atoms with Gasteiger partial charge in [-0.3, -0.25) is 15.5 Å². The third-order valence-electron chi connectivity index (χ3n) is 4.88. The molecule has 4 rings (SSSR count). The molecule has 7 nitrogen and oxygen atoms in total. The summed E-state index contributed by atoms with van der Waals surface area (Å²) in [6.45, 7) is 0.427. The van der Waals surface area contributed by atoms with Gasteiger partial charge >= 0.3 is 0 Å². The van der Waals surface area contributed by atoms with Gasteiger partial charge in [-0.05, 0) is 58.3 Å². The van der Waals surface area contributed by atoms with Gasteiger partial charge in [0.15, 0.2) is 11.5 Å². The van der Waals surface area contributed by atoms with Crippen LogP contribution in [0.1, 0.15) is 11.1 Å². The summed E-state index contributed by atoms with van der Waals surface area (Å²) in [5, 5.41) is 17.3. The third-order valence-corrected chi connectivity index (χ3v) is 4.88.